The lowest BCUT2D eigenvalue weighted by Crippen LogP contribution is -2.15. The maximum Gasteiger partial charge on any atom is 0.236 e. The Morgan fingerprint density at radius 2 is 2.19 bits per heavy atom. The van der Waals surface area contributed by atoms with Crippen molar-refractivity contribution in [1.29, 1.82) is 0 Å². The van der Waals surface area contributed by atoms with E-state index in [4.69, 9.17) is 4.42 Å². The van der Waals surface area contributed by atoms with Crippen LogP contribution in [0.3, 0.4) is 0 Å². The molecule has 3 aromatic rings. The van der Waals surface area contributed by atoms with E-state index in [1.165, 1.54) is 11.3 Å². The van der Waals surface area contributed by atoms with Crippen molar-refractivity contribution >= 4 is 33.7 Å². The van der Waals surface area contributed by atoms with E-state index in [9.17, 15) is 4.79 Å². The van der Waals surface area contributed by atoms with Crippen LogP contribution < -0.4 is 5.32 Å². The summed E-state index contributed by atoms with van der Waals surface area (Å²) in [5.41, 5.74) is 1.55. The topological polar surface area (TPSA) is 68.0 Å². The number of carbonyl (C=O) groups is 1. The minimum atomic E-state index is -0.140. The fourth-order valence-corrected chi connectivity index (χ4v) is 3.18. The van der Waals surface area contributed by atoms with Crippen LogP contribution in [0, 0.1) is 13.8 Å². The van der Waals surface area contributed by atoms with E-state index in [0.29, 0.717) is 22.5 Å². The molecule has 7 heteroatoms. The van der Waals surface area contributed by atoms with E-state index < -0.39 is 0 Å². The maximum atomic E-state index is 12.0. The second-order valence-electron chi connectivity index (χ2n) is 4.52. The molecule has 0 unspecified atom stereocenters. The first-order chi connectivity index (χ1) is 10.1. The molecular formula is C14H13N3O2S2. The summed E-state index contributed by atoms with van der Waals surface area (Å²) in [4.78, 5) is 21.6. The normalized spacial score (nSPS) is 10.8. The van der Waals surface area contributed by atoms with Crippen LogP contribution in [-0.4, -0.2) is 15.9 Å². The van der Waals surface area contributed by atoms with Crippen LogP contribution >= 0.6 is 22.7 Å². The standard InChI is InChI=1S/C14H13N3O2S2/c1-8-7-21-14(15-8)17-12(18)6-10-9(2)19-13(16-10)11-4-3-5-20-11/h3-5,7H,6H2,1-2H3,(H,15,17,18). The van der Waals surface area contributed by atoms with Gasteiger partial charge in [-0.1, -0.05) is 6.07 Å². The number of hydrogen-bond donors (Lipinski definition) is 1. The van der Waals surface area contributed by atoms with E-state index in [2.05, 4.69) is 15.3 Å². The van der Waals surface area contributed by atoms with Crippen LogP contribution in [0.4, 0.5) is 5.13 Å². The zero-order chi connectivity index (χ0) is 14.8. The van der Waals surface area contributed by atoms with Crippen molar-refractivity contribution in [3.8, 4) is 10.8 Å². The molecule has 0 atom stereocenters. The summed E-state index contributed by atoms with van der Waals surface area (Å²) in [6.07, 6.45) is 0.180. The second kappa shape index (κ2) is 5.79. The first-order valence-electron chi connectivity index (χ1n) is 6.34. The third-order valence-electron chi connectivity index (χ3n) is 2.82. The molecule has 0 bridgehead atoms. The Morgan fingerprint density at radius 1 is 1.33 bits per heavy atom. The number of hydrogen-bond acceptors (Lipinski definition) is 6. The van der Waals surface area contributed by atoms with Crippen LogP contribution in [0.5, 0.6) is 0 Å². The van der Waals surface area contributed by atoms with E-state index >= 15 is 0 Å². The van der Waals surface area contributed by atoms with Crippen molar-refractivity contribution in [3.63, 3.8) is 0 Å². The van der Waals surface area contributed by atoms with Gasteiger partial charge in [-0.25, -0.2) is 9.97 Å². The third kappa shape index (κ3) is 3.20. The molecule has 0 fully saturated rings. The number of anilines is 1. The van der Waals surface area contributed by atoms with Crippen LogP contribution in [0.1, 0.15) is 17.1 Å². The molecule has 0 saturated heterocycles. The number of aryl methyl sites for hydroxylation is 2. The molecule has 5 nitrogen and oxygen atoms in total. The zero-order valence-corrected chi connectivity index (χ0v) is 13.2. The highest BCUT2D eigenvalue weighted by molar-refractivity contribution is 7.14. The molecule has 1 amide bonds. The molecule has 3 rings (SSSR count). The molecule has 108 valence electrons. The Balaban J connectivity index is 1.71. The average Bonchev–Trinajstić information content (AvgIpc) is 3.13. The van der Waals surface area contributed by atoms with E-state index in [1.807, 2.05) is 36.7 Å². The van der Waals surface area contributed by atoms with E-state index in [1.54, 1.807) is 11.3 Å². The van der Waals surface area contributed by atoms with Crippen LogP contribution in [-0.2, 0) is 11.2 Å². The maximum absolute atomic E-state index is 12.0. The molecule has 0 saturated carbocycles. The third-order valence-corrected chi connectivity index (χ3v) is 4.55. The quantitative estimate of drug-likeness (QED) is 0.797. The number of thiazole rings is 1. The van der Waals surface area contributed by atoms with Gasteiger partial charge in [-0.15, -0.1) is 22.7 Å². The number of rotatable bonds is 4. The molecule has 21 heavy (non-hydrogen) atoms. The van der Waals surface area contributed by atoms with Crippen molar-refractivity contribution in [2.45, 2.75) is 20.3 Å². The summed E-state index contributed by atoms with van der Waals surface area (Å²) in [5, 5.41) is 7.24. The van der Waals surface area contributed by atoms with Crippen LogP contribution in [0.25, 0.3) is 10.8 Å². The van der Waals surface area contributed by atoms with Crippen molar-refractivity contribution in [2.75, 3.05) is 5.32 Å². The van der Waals surface area contributed by atoms with Gasteiger partial charge in [0.1, 0.15) is 5.76 Å². The van der Waals surface area contributed by atoms with Gasteiger partial charge in [0.2, 0.25) is 11.8 Å². The fourth-order valence-electron chi connectivity index (χ4n) is 1.82. The van der Waals surface area contributed by atoms with Gasteiger partial charge in [0.05, 0.1) is 22.7 Å². The zero-order valence-electron chi connectivity index (χ0n) is 11.5. The predicted molar refractivity (Wildman–Crippen MR) is 83.7 cm³/mol. The number of carbonyl (C=O) groups excluding carboxylic acids is 1. The number of nitrogens with one attached hydrogen (secondary N) is 1. The summed E-state index contributed by atoms with van der Waals surface area (Å²) in [6.45, 7) is 3.71. The molecule has 0 aliphatic heterocycles. The van der Waals surface area contributed by atoms with E-state index in [0.717, 1.165) is 10.6 Å². The Morgan fingerprint density at radius 3 is 2.86 bits per heavy atom. The molecule has 1 N–H and O–H groups in total. The predicted octanol–water partition coefficient (Wildman–Crippen LogP) is 3.66. The highest BCUT2D eigenvalue weighted by Gasteiger charge is 2.15. The molecule has 0 spiro atoms. The van der Waals surface area contributed by atoms with Gasteiger partial charge in [0.15, 0.2) is 5.13 Å². The first-order valence-corrected chi connectivity index (χ1v) is 8.10. The lowest BCUT2D eigenvalue weighted by atomic mass is 10.2. The monoisotopic (exact) mass is 319 g/mol. The molecule has 3 heterocycles. The van der Waals surface area contributed by atoms with Gasteiger partial charge in [-0.05, 0) is 25.3 Å². The van der Waals surface area contributed by atoms with Crippen molar-refractivity contribution in [3.05, 3.63) is 40.0 Å². The SMILES string of the molecule is Cc1csc(NC(=O)Cc2nc(-c3cccs3)oc2C)n1. The lowest BCUT2D eigenvalue weighted by molar-refractivity contribution is -0.115. The van der Waals surface area contributed by atoms with Gasteiger partial charge in [-0.2, -0.15) is 0 Å². The largest absolute Gasteiger partial charge is 0.440 e. The van der Waals surface area contributed by atoms with Crippen molar-refractivity contribution in [1.82, 2.24) is 9.97 Å². The Labute approximate surface area is 129 Å². The lowest BCUT2D eigenvalue weighted by Gasteiger charge is -1.99. The van der Waals surface area contributed by atoms with Gasteiger partial charge in [-0.3, -0.25) is 4.79 Å². The smallest absolute Gasteiger partial charge is 0.236 e. The summed E-state index contributed by atoms with van der Waals surface area (Å²) in [5.74, 6) is 1.10. The van der Waals surface area contributed by atoms with Crippen LogP contribution in [0.2, 0.25) is 0 Å². The molecule has 3 aromatic heterocycles. The summed E-state index contributed by atoms with van der Waals surface area (Å²) >= 11 is 2.97. The van der Waals surface area contributed by atoms with Crippen molar-refractivity contribution in [2.24, 2.45) is 0 Å². The van der Waals surface area contributed by atoms with E-state index in [-0.39, 0.29) is 12.3 Å². The summed E-state index contributed by atoms with van der Waals surface area (Å²) in [6, 6.07) is 3.88. The Kier molecular flexibility index (Phi) is 3.85. The molecule has 0 aliphatic carbocycles. The highest BCUT2D eigenvalue weighted by atomic mass is 32.1. The summed E-state index contributed by atoms with van der Waals surface area (Å²) < 4.78 is 5.62. The van der Waals surface area contributed by atoms with Gasteiger partial charge in [0, 0.05) is 5.38 Å². The first kappa shape index (κ1) is 14.0. The molecule has 0 radical (unpaired) electrons. The molecular weight excluding hydrogens is 306 g/mol. The number of nitrogens with zero attached hydrogens (tertiary/aromatic N) is 2. The number of amides is 1. The Bertz CT molecular complexity index is 759. The van der Waals surface area contributed by atoms with Crippen molar-refractivity contribution < 1.29 is 9.21 Å². The highest BCUT2D eigenvalue weighted by Crippen LogP contribution is 2.26. The fraction of sp³-hybridized carbons (Fsp3) is 0.214. The number of aromatic nitrogens is 2. The molecule has 0 aromatic carbocycles. The number of thiophene rings is 1. The van der Waals surface area contributed by atoms with Crippen LogP contribution in [0.15, 0.2) is 27.3 Å². The second-order valence-corrected chi connectivity index (χ2v) is 6.32. The van der Waals surface area contributed by atoms with Gasteiger partial charge in [0.25, 0.3) is 0 Å². The van der Waals surface area contributed by atoms with Gasteiger partial charge >= 0.3 is 0 Å². The Hall–Kier alpha value is -1.99. The number of oxazole rings is 1. The minimum Gasteiger partial charge on any atom is -0.440 e. The summed E-state index contributed by atoms with van der Waals surface area (Å²) in [7, 11) is 0. The minimum absolute atomic E-state index is 0.140. The molecule has 0 aliphatic rings. The average molecular weight is 319 g/mol. The van der Waals surface area contributed by atoms with Gasteiger partial charge < -0.3 is 9.73 Å².